The predicted octanol–water partition coefficient (Wildman–Crippen LogP) is 5.87. The summed E-state index contributed by atoms with van der Waals surface area (Å²) >= 11 is 6.84. The topological polar surface area (TPSA) is 41.8 Å². The van der Waals surface area contributed by atoms with E-state index in [0.717, 1.165) is 25.6 Å². The molecule has 0 bridgehead atoms. The van der Waals surface area contributed by atoms with Crippen LogP contribution < -0.4 is 0 Å². The van der Waals surface area contributed by atoms with Crippen LogP contribution in [0.15, 0.2) is 93.0 Å². The molecule has 3 aromatic rings. The number of aliphatic hydroxyl groups is 1. The molecule has 0 radical (unpaired) electrons. The molecule has 0 saturated heterocycles. The fourth-order valence-corrected chi connectivity index (χ4v) is 2.96. The molecule has 3 rings (SSSR count). The van der Waals surface area contributed by atoms with E-state index in [4.69, 9.17) is 4.84 Å². The summed E-state index contributed by atoms with van der Waals surface area (Å²) in [5, 5.41) is 15.1. The molecule has 0 aliphatic heterocycles. The van der Waals surface area contributed by atoms with Gasteiger partial charge in [0.15, 0.2) is 0 Å². The molecule has 3 nitrogen and oxygen atoms in total. The van der Waals surface area contributed by atoms with Crippen LogP contribution in [0.25, 0.3) is 0 Å². The molecule has 1 atom stereocenters. The van der Waals surface area contributed by atoms with Crippen molar-refractivity contribution in [3.63, 3.8) is 0 Å². The zero-order valence-electron chi connectivity index (χ0n) is 13.8. The molecule has 0 aliphatic rings. The predicted molar refractivity (Wildman–Crippen MR) is 111 cm³/mol. The van der Waals surface area contributed by atoms with Crippen LogP contribution in [0.3, 0.4) is 0 Å². The second-order valence-corrected chi connectivity index (χ2v) is 7.53. The lowest BCUT2D eigenvalue weighted by atomic mass is 9.99. The minimum absolute atomic E-state index is 0.341. The van der Waals surface area contributed by atoms with Gasteiger partial charge in [-0.2, -0.15) is 0 Å². The minimum Gasteiger partial charge on any atom is -0.391 e. The molecular weight excluding hydrogens is 458 g/mol. The molecule has 26 heavy (non-hydrogen) atoms. The molecule has 0 heterocycles. The summed E-state index contributed by atoms with van der Waals surface area (Å²) in [7, 11) is 0. The van der Waals surface area contributed by atoms with Crippen LogP contribution in [0.4, 0.5) is 0 Å². The van der Waals surface area contributed by atoms with E-state index in [2.05, 4.69) is 37.0 Å². The molecule has 132 valence electrons. The SMILES string of the molecule is O[C@H](/C(=N/OCc1ccccc1)c1ccc(Br)cc1)c1ccc(Br)cc1. The summed E-state index contributed by atoms with van der Waals surface area (Å²) in [6.07, 6.45) is -0.889. The van der Waals surface area contributed by atoms with Gasteiger partial charge in [0.05, 0.1) is 0 Å². The van der Waals surface area contributed by atoms with E-state index in [0.29, 0.717) is 12.3 Å². The van der Waals surface area contributed by atoms with Crippen molar-refractivity contribution in [2.45, 2.75) is 12.7 Å². The molecule has 0 saturated carbocycles. The van der Waals surface area contributed by atoms with Crippen LogP contribution in [-0.2, 0) is 11.4 Å². The Morgan fingerprint density at radius 1 is 0.846 bits per heavy atom. The number of aliphatic hydroxyl groups excluding tert-OH is 1. The maximum atomic E-state index is 10.9. The van der Waals surface area contributed by atoms with Crippen LogP contribution in [-0.4, -0.2) is 10.8 Å². The highest BCUT2D eigenvalue weighted by atomic mass is 79.9. The number of nitrogens with zero attached hydrogens (tertiary/aromatic N) is 1. The molecule has 0 fully saturated rings. The molecule has 0 aliphatic carbocycles. The molecule has 0 aromatic heterocycles. The van der Waals surface area contributed by atoms with Crippen molar-refractivity contribution in [1.82, 2.24) is 0 Å². The molecule has 1 N–H and O–H groups in total. The zero-order chi connectivity index (χ0) is 18.4. The zero-order valence-corrected chi connectivity index (χ0v) is 17.0. The summed E-state index contributed by atoms with van der Waals surface area (Å²) < 4.78 is 1.92. The van der Waals surface area contributed by atoms with Crippen LogP contribution >= 0.6 is 31.9 Å². The van der Waals surface area contributed by atoms with Gasteiger partial charge in [-0.1, -0.05) is 91.6 Å². The average molecular weight is 475 g/mol. The third-order valence-corrected chi connectivity index (χ3v) is 4.88. The first-order valence-corrected chi connectivity index (χ1v) is 9.65. The third kappa shape index (κ3) is 5.04. The Morgan fingerprint density at radius 2 is 1.42 bits per heavy atom. The Balaban J connectivity index is 1.86. The Hall–Kier alpha value is -1.95. The Morgan fingerprint density at radius 3 is 2.04 bits per heavy atom. The third-order valence-electron chi connectivity index (χ3n) is 3.82. The second-order valence-electron chi connectivity index (χ2n) is 5.70. The number of hydrogen-bond acceptors (Lipinski definition) is 3. The van der Waals surface area contributed by atoms with Gasteiger partial charge in [0.1, 0.15) is 18.4 Å². The number of hydrogen-bond donors (Lipinski definition) is 1. The summed E-state index contributed by atoms with van der Waals surface area (Å²) in [5.74, 6) is 0. The van der Waals surface area contributed by atoms with E-state index < -0.39 is 6.10 Å². The van der Waals surface area contributed by atoms with Crippen molar-refractivity contribution in [1.29, 1.82) is 0 Å². The van der Waals surface area contributed by atoms with Gasteiger partial charge in [0.25, 0.3) is 0 Å². The average Bonchev–Trinajstić information content (AvgIpc) is 2.67. The van der Waals surface area contributed by atoms with Gasteiger partial charge >= 0.3 is 0 Å². The van der Waals surface area contributed by atoms with Crippen molar-refractivity contribution in [3.05, 3.63) is 104 Å². The number of halogens is 2. The first-order chi connectivity index (χ1) is 12.6. The monoisotopic (exact) mass is 473 g/mol. The van der Waals surface area contributed by atoms with Gasteiger partial charge in [0.2, 0.25) is 0 Å². The van der Waals surface area contributed by atoms with Crippen molar-refractivity contribution >= 4 is 37.6 Å². The fraction of sp³-hybridized carbons (Fsp3) is 0.0952. The van der Waals surface area contributed by atoms with E-state index in [-0.39, 0.29) is 0 Å². The van der Waals surface area contributed by atoms with Crippen LogP contribution in [0, 0.1) is 0 Å². The van der Waals surface area contributed by atoms with Gasteiger partial charge in [0, 0.05) is 14.5 Å². The summed E-state index contributed by atoms with van der Waals surface area (Å²) in [4.78, 5) is 5.54. The van der Waals surface area contributed by atoms with E-state index in [1.165, 1.54) is 0 Å². The highest BCUT2D eigenvalue weighted by Gasteiger charge is 2.18. The van der Waals surface area contributed by atoms with Gasteiger partial charge in [-0.3, -0.25) is 0 Å². The normalized spacial score (nSPS) is 12.7. The molecular formula is C21H17Br2NO2. The molecule has 5 heteroatoms. The Bertz CT molecular complexity index is 863. The lowest BCUT2D eigenvalue weighted by Crippen LogP contribution is -2.14. The van der Waals surface area contributed by atoms with Gasteiger partial charge in [-0.25, -0.2) is 0 Å². The summed E-state index contributed by atoms with van der Waals surface area (Å²) in [5.41, 5.74) is 3.04. The van der Waals surface area contributed by atoms with E-state index in [1.54, 1.807) is 0 Å². The standard InChI is InChI=1S/C21H17Br2NO2/c22-18-10-6-16(7-11-18)20(21(25)17-8-12-19(23)13-9-17)24-26-14-15-4-2-1-3-5-15/h1-13,21,25H,14H2/b24-20+/t21-/m0/s1. The lowest BCUT2D eigenvalue weighted by Gasteiger charge is -2.15. The maximum absolute atomic E-state index is 10.9. The number of benzene rings is 3. The highest BCUT2D eigenvalue weighted by molar-refractivity contribution is 9.10. The largest absolute Gasteiger partial charge is 0.391 e. The maximum Gasteiger partial charge on any atom is 0.142 e. The number of rotatable bonds is 6. The van der Waals surface area contributed by atoms with Gasteiger partial charge < -0.3 is 9.94 Å². The first kappa shape index (κ1) is 18.8. The summed E-state index contributed by atoms with van der Waals surface area (Å²) in [6, 6.07) is 24.9. The van der Waals surface area contributed by atoms with Crippen molar-refractivity contribution < 1.29 is 9.94 Å². The van der Waals surface area contributed by atoms with Crippen molar-refractivity contribution in [2.75, 3.05) is 0 Å². The van der Waals surface area contributed by atoms with Crippen LogP contribution in [0.2, 0.25) is 0 Å². The van der Waals surface area contributed by atoms with Crippen molar-refractivity contribution in [3.8, 4) is 0 Å². The van der Waals surface area contributed by atoms with E-state index in [9.17, 15) is 5.11 Å². The van der Waals surface area contributed by atoms with Crippen LogP contribution in [0.5, 0.6) is 0 Å². The van der Waals surface area contributed by atoms with Crippen molar-refractivity contribution in [2.24, 2.45) is 5.16 Å². The van der Waals surface area contributed by atoms with E-state index in [1.807, 2.05) is 78.9 Å². The van der Waals surface area contributed by atoms with Crippen LogP contribution in [0.1, 0.15) is 22.8 Å². The Kier molecular flexibility index (Phi) is 6.61. The van der Waals surface area contributed by atoms with Gasteiger partial charge in [-0.05, 0) is 35.4 Å². The minimum atomic E-state index is -0.889. The molecule has 0 amide bonds. The smallest absolute Gasteiger partial charge is 0.142 e. The molecule has 3 aromatic carbocycles. The quantitative estimate of drug-likeness (QED) is 0.358. The number of oxime groups is 1. The second kappa shape index (κ2) is 9.12. The summed E-state index contributed by atoms with van der Waals surface area (Å²) in [6.45, 7) is 0.341. The highest BCUT2D eigenvalue weighted by Crippen LogP contribution is 2.23. The first-order valence-electron chi connectivity index (χ1n) is 8.07. The van der Waals surface area contributed by atoms with Gasteiger partial charge in [-0.15, -0.1) is 0 Å². The molecule has 0 spiro atoms. The lowest BCUT2D eigenvalue weighted by molar-refractivity contribution is 0.125. The van der Waals surface area contributed by atoms with E-state index >= 15 is 0 Å². The fourth-order valence-electron chi connectivity index (χ4n) is 2.43. The molecule has 0 unspecified atom stereocenters. The Labute approximate surface area is 169 Å².